The summed E-state index contributed by atoms with van der Waals surface area (Å²) in [5, 5.41) is 0. The van der Waals surface area contributed by atoms with E-state index in [-0.39, 0.29) is 5.91 Å². The minimum atomic E-state index is 0.244. The molecule has 1 atom stereocenters. The first kappa shape index (κ1) is 18.7. The lowest BCUT2D eigenvalue weighted by atomic mass is 10.1. The molecule has 4 nitrogen and oxygen atoms in total. The number of aryl methyl sites for hydroxylation is 2. The lowest BCUT2D eigenvalue weighted by Gasteiger charge is -2.29. The monoisotopic (exact) mass is 353 g/mol. The van der Waals surface area contributed by atoms with E-state index in [0.717, 1.165) is 32.4 Å². The first-order valence-corrected chi connectivity index (χ1v) is 9.77. The number of likely N-dealkylation sites (tertiary alicyclic amines) is 1. The van der Waals surface area contributed by atoms with Crippen molar-refractivity contribution in [3.8, 4) is 0 Å². The van der Waals surface area contributed by atoms with Crippen molar-refractivity contribution in [3.63, 3.8) is 0 Å². The molecule has 1 aliphatic rings. The van der Waals surface area contributed by atoms with Crippen LogP contribution in [0.2, 0.25) is 0 Å². The fraction of sp³-hybridized carbons (Fsp3) is 0.500. The SMILES string of the molecule is CCCN(Cc1ccc(C)cc1)C(=O)CN1CCCC1c1cccn1C. The predicted molar refractivity (Wildman–Crippen MR) is 106 cm³/mol. The number of aromatic nitrogens is 1. The van der Waals surface area contributed by atoms with E-state index in [1.807, 2.05) is 4.90 Å². The molecule has 2 heterocycles. The molecule has 1 aliphatic heterocycles. The zero-order chi connectivity index (χ0) is 18.5. The number of carbonyl (C=O) groups is 1. The molecule has 1 aromatic heterocycles. The number of benzene rings is 1. The molecule has 0 aliphatic carbocycles. The van der Waals surface area contributed by atoms with E-state index in [1.165, 1.54) is 16.8 Å². The van der Waals surface area contributed by atoms with Crippen LogP contribution in [0.3, 0.4) is 0 Å². The molecule has 0 radical (unpaired) electrons. The standard InChI is InChI=1S/C22H31N3O/c1-4-13-25(16-19-11-9-18(2)10-12-19)22(26)17-24-15-6-8-21(24)20-7-5-14-23(20)3/h5,7,9-12,14,21H,4,6,8,13,15-17H2,1-3H3. The molecule has 1 amide bonds. The summed E-state index contributed by atoms with van der Waals surface area (Å²) in [6.45, 7) is 7.27. The van der Waals surface area contributed by atoms with Gasteiger partial charge in [0.25, 0.3) is 0 Å². The van der Waals surface area contributed by atoms with E-state index in [0.29, 0.717) is 19.1 Å². The third kappa shape index (κ3) is 4.36. The molecule has 1 unspecified atom stereocenters. The van der Waals surface area contributed by atoms with Gasteiger partial charge in [-0.1, -0.05) is 36.8 Å². The van der Waals surface area contributed by atoms with Gasteiger partial charge in [0, 0.05) is 32.0 Å². The van der Waals surface area contributed by atoms with E-state index in [9.17, 15) is 4.79 Å². The Bertz CT molecular complexity index is 719. The van der Waals surface area contributed by atoms with Crippen molar-refractivity contribution in [2.75, 3.05) is 19.6 Å². The highest BCUT2D eigenvalue weighted by atomic mass is 16.2. The van der Waals surface area contributed by atoms with E-state index in [2.05, 4.69) is 73.0 Å². The van der Waals surface area contributed by atoms with Gasteiger partial charge in [0.1, 0.15) is 0 Å². The van der Waals surface area contributed by atoms with Crippen molar-refractivity contribution in [2.45, 2.75) is 45.7 Å². The molecule has 0 bridgehead atoms. The van der Waals surface area contributed by atoms with Crippen LogP contribution < -0.4 is 0 Å². The molecule has 1 aromatic carbocycles. The Labute approximate surface area is 157 Å². The van der Waals surface area contributed by atoms with Crippen molar-refractivity contribution in [3.05, 3.63) is 59.4 Å². The maximum absolute atomic E-state index is 13.0. The first-order valence-electron chi connectivity index (χ1n) is 9.77. The topological polar surface area (TPSA) is 28.5 Å². The van der Waals surface area contributed by atoms with Crippen LogP contribution in [0.5, 0.6) is 0 Å². The van der Waals surface area contributed by atoms with E-state index < -0.39 is 0 Å². The predicted octanol–water partition coefficient (Wildman–Crippen LogP) is 3.91. The highest BCUT2D eigenvalue weighted by molar-refractivity contribution is 5.78. The summed E-state index contributed by atoms with van der Waals surface area (Å²) in [5.74, 6) is 0.244. The van der Waals surface area contributed by atoms with Crippen molar-refractivity contribution in [1.29, 1.82) is 0 Å². The van der Waals surface area contributed by atoms with Crippen LogP contribution in [0.15, 0.2) is 42.6 Å². The van der Waals surface area contributed by atoms with Gasteiger partial charge < -0.3 is 9.47 Å². The van der Waals surface area contributed by atoms with Gasteiger partial charge in [-0.05, 0) is 50.4 Å². The van der Waals surface area contributed by atoms with Crippen molar-refractivity contribution in [1.82, 2.24) is 14.4 Å². The first-order chi connectivity index (χ1) is 12.6. The van der Waals surface area contributed by atoms with Crippen LogP contribution in [0.25, 0.3) is 0 Å². The van der Waals surface area contributed by atoms with Crippen LogP contribution in [-0.2, 0) is 18.4 Å². The molecule has 0 saturated carbocycles. The molecular weight excluding hydrogens is 322 g/mol. The minimum absolute atomic E-state index is 0.244. The molecule has 0 N–H and O–H groups in total. The summed E-state index contributed by atoms with van der Waals surface area (Å²) in [7, 11) is 2.09. The fourth-order valence-corrected chi connectivity index (χ4v) is 3.92. The molecule has 4 heteroatoms. The Morgan fingerprint density at radius 2 is 2.00 bits per heavy atom. The van der Waals surface area contributed by atoms with Gasteiger partial charge in [-0.3, -0.25) is 9.69 Å². The zero-order valence-corrected chi connectivity index (χ0v) is 16.3. The van der Waals surface area contributed by atoms with Gasteiger partial charge >= 0.3 is 0 Å². The van der Waals surface area contributed by atoms with Crippen molar-refractivity contribution in [2.24, 2.45) is 7.05 Å². The Balaban J connectivity index is 1.67. The third-order valence-corrected chi connectivity index (χ3v) is 5.37. The molecule has 2 aromatic rings. The van der Waals surface area contributed by atoms with E-state index in [1.54, 1.807) is 0 Å². The molecule has 26 heavy (non-hydrogen) atoms. The highest BCUT2D eigenvalue weighted by Gasteiger charge is 2.30. The fourth-order valence-electron chi connectivity index (χ4n) is 3.92. The normalized spacial score (nSPS) is 17.6. The average molecular weight is 354 g/mol. The second-order valence-corrected chi connectivity index (χ2v) is 7.47. The van der Waals surface area contributed by atoms with Crippen LogP contribution in [0.1, 0.15) is 49.0 Å². The Kier molecular flexibility index (Phi) is 6.15. The Hall–Kier alpha value is -2.07. The van der Waals surface area contributed by atoms with Gasteiger partial charge in [0.2, 0.25) is 5.91 Å². The van der Waals surface area contributed by atoms with Gasteiger partial charge in [0.05, 0.1) is 12.6 Å². The number of nitrogens with zero attached hydrogens (tertiary/aromatic N) is 3. The smallest absolute Gasteiger partial charge is 0.237 e. The molecule has 1 fully saturated rings. The summed E-state index contributed by atoms with van der Waals surface area (Å²) in [4.78, 5) is 17.4. The van der Waals surface area contributed by atoms with Gasteiger partial charge in [-0.15, -0.1) is 0 Å². The largest absolute Gasteiger partial charge is 0.353 e. The Morgan fingerprint density at radius 3 is 2.65 bits per heavy atom. The van der Waals surface area contributed by atoms with Gasteiger partial charge in [-0.25, -0.2) is 0 Å². The molecule has 0 spiro atoms. The second kappa shape index (κ2) is 8.54. The van der Waals surface area contributed by atoms with Gasteiger partial charge in [-0.2, -0.15) is 0 Å². The maximum atomic E-state index is 13.0. The number of rotatable bonds is 7. The summed E-state index contributed by atoms with van der Waals surface area (Å²) in [6, 6.07) is 13.1. The summed E-state index contributed by atoms with van der Waals surface area (Å²) >= 11 is 0. The number of amides is 1. The molecule has 140 valence electrons. The minimum Gasteiger partial charge on any atom is -0.353 e. The third-order valence-electron chi connectivity index (χ3n) is 5.37. The summed E-state index contributed by atoms with van der Waals surface area (Å²) in [5.41, 5.74) is 3.78. The highest BCUT2D eigenvalue weighted by Crippen LogP contribution is 2.31. The maximum Gasteiger partial charge on any atom is 0.237 e. The summed E-state index contributed by atoms with van der Waals surface area (Å²) < 4.78 is 2.18. The number of hydrogen-bond acceptors (Lipinski definition) is 2. The lowest BCUT2D eigenvalue weighted by Crippen LogP contribution is -2.40. The van der Waals surface area contributed by atoms with Crippen LogP contribution in [0, 0.1) is 6.92 Å². The van der Waals surface area contributed by atoms with Crippen LogP contribution in [0.4, 0.5) is 0 Å². The van der Waals surface area contributed by atoms with Crippen LogP contribution >= 0.6 is 0 Å². The number of carbonyl (C=O) groups excluding carboxylic acids is 1. The summed E-state index contributed by atoms with van der Waals surface area (Å²) in [6.07, 6.45) is 5.37. The van der Waals surface area contributed by atoms with Gasteiger partial charge in [0.15, 0.2) is 0 Å². The zero-order valence-electron chi connectivity index (χ0n) is 16.3. The van der Waals surface area contributed by atoms with E-state index >= 15 is 0 Å². The second-order valence-electron chi connectivity index (χ2n) is 7.47. The molecular formula is C22H31N3O. The average Bonchev–Trinajstić information content (AvgIpc) is 3.24. The molecule has 1 saturated heterocycles. The van der Waals surface area contributed by atoms with E-state index in [4.69, 9.17) is 0 Å². The van der Waals surface area contributed by atoms with Crippen molar-refractivity contribution < 1.29 is 4.79 Å². The number of hydrogen-bond donors (Lipinski definition) is 0. The quantitative estimate of drug-likeness (QED) is 0.755. The molecule has 3 rings (SSSR count). The van der Waals surface area contributed by atoms with Crippen LogP contribution in [-0.4, -0.2) is 39.9 Å². The van der Waals surface area contributed by atoms with Crippen molar-refractivity contribution >= 4 is 5.91 Å². The lowest BCUT2D eigenvalue weighted by molar-refractivity contribution is -0.133. The Morgan fingerprint density at radius 1 is 1.23 bits per heavy atom.